The van der Waals surface area contributed by atoms with Crippen molar-refractivity contribution in [3.63, 3.8) is 0 Å². The first-order valence-corrected chi connectivity index (χ1v) is 15.5. The predicted molar refractivity (Wildman–Crippen MR) is 179 cm³/mol. The van der Waals surface area contributed by atoms with Gasteiger partial charge in [0.1, 0.15) is 11.4 Å². The Bertz CT molecular complexity index is 1240. The molecule has 1 spiro atoms. The quantitative estimate of drug-likeness (QED) is 0.314. The summed E-state index contributed by atoms with van der Waals surface area (Å²) >= 11 is 0. The first-order valence-electron chi connectivity index (χ1n) is 15.5. The highest BCUT2D eigenvalue weighted by molar-refractivity contribution is 5.86. The molecule has 1 aromatic carbocycles. The van der Waals surface area contributed by atoms with Crippen molar-refractivity contribution >= 4 is 43.2 Å². The van der Waals surface area contributed by atoms with Crippen LogP contribution in [0.2, 0.25) is 0 Å². The van der Waals surface area contributed by atoms with E-state index in [2.05, 4.69) is 56.4 Å². The Morgan fingerprint density at radius 2 is 1.81 bits per heavy atom. The normalized spacial score (nSPS) is 25.4. The maximum atomic E-state index is 14.4. The molecule has 43 heavy (non-hydrogen) atoms. The number of halogens is 4. The number of nitrogens with one attached hydrogen (secondary N) is 1. The summed E-state index contributed by atoms with van der Waals surface area (Å²) in [6.45, 7) is 16.6. The predicted octanol–water partition coefficient (Wildman–Crippen LogP) is 7.19. The molecular weight excluding hydrogens is 610 g/mol. The molecule has 2 heterocycles. The summed E-state index contributed by atoms with van der Waals surface area (Å²) in [5, 5.41) is 19.0. The summed E-state index contributed by atoms with van der Waals surface area (Å²) in [6, 6.07) is 7.04. The van der Waals surface area contributed by atoms with Gasteiger partial charge in [0.25, 0.3) is 0 Å². The number of nitrogens with zero attached hydrogens (tertiary/aromatic N) is 3. The lowest BCUT2D eigenvalue weighted by Crippen LogP contribution is -2.53. The SMILES string of the molecule is CCc1nn(CC)c2c1CCC21CCN([C@H](C)[C@H]2CC(NCC(C)(C)C)(C(=O)O)C[C@@H]2c2cccc(F)c2)CC1.Cl.Cl.Cl. The lowest BCUT2D eigenvalue weighted by atomic mass is 9.75. The van der Waals surface area contributed by atoms with Gasteiger partial charge in [-0.05, 0) is 112 Å². The molecule has 1 aromatic heterocycles. The van der Waals surface area contributed by atoms with E-state index in [-0.39, 0.29) is 71.7 Å². The number of aryl methyl sites for hydroxylation is 2. The Labute approximate surface area is 276 Å². The molecule has 5 rings (SSSR count). The van der Waals surface area contributed by atoms with Gasteiger partial charge in [-0.25, -0.2) is 4.39 Å². The average Bonchev–Trinajstić information content (AvgIpc) is 3.60. The summed E-state index contributed by atoms with van der Waals surface area (Å²) in [5.74, 6) is -0.942. The first kappa shape index (κ1) is 37.8. The van der Waals surface area contributed by atoms with Crippen LogP contribution in [0.15, 0.2) is 24.3 Å². The van der Waals surface area contributed by atoms with E-state index >= 15 is 0 Å². The number of carbonyl (C=O) groups is 1. The standard InChI is InChI=1S/C33H49FN4O2.3ClH/c1-7-28-25-12-13-32(29(25)38(8-2)36-28)14-16-37(17-15-32)22(3)26-19-33(30(39)40,35-21-31(4,5)6)20-27(26)23-10-9-11-24(34)18-23;;;/h9-11,18,22,26-27,35H,7-8,12-17,19-21H2,1-6H3,(H,39,40);3*1H/t22-,26-,27-,33?;;;/m1.../s1. The zero-order chi connectivity index (χ0) is 28.9. The zero-order valence-corrected chi connectivity index (χ0v) is 29.1. The summed E-state index contributed by atoms with van der Waals surface area (Å²) in [4.78, 5) is 15.4. The second kappa shape index (κ2) is 14.4. The first-order chi connectivity index (χ1) is 18.9. The van der Waals surface area contributed by atoms with Crippen molar-refractivity contribution in [2.24, 2.45) is 11.3 Å². The van der Waals surface area contributed by atoms with Crippen LogP contribution in [0.1, 0.15) is 102 Å². The number of benzene rings is 1. The lowest BCUT2D eigenvalue weighted by molar-refractivity contribution is -0.145. The second-order valence-electron chi connectivity index (χ2n) is 14.0. The van der Waals surface area contributed by atoms with E-state index in [9.17, 15) is 14.3 Å². The van der Waals surface area contributed by atoms with Gasteiger partial charge in [-0.3, -0.25) is 9.48 Å². The third-order valence-corrected chi connectivity index (χ3v) is 10.4. The minimum atomic E-state index is -1.01. The molecule has 2 N–H and O–H groups in total. The molecule has 1 saturated heterocycles. The number of carboxylic acid groups (broad SMARTS) is 1. The largest absolute Gasteiger partial charge is 0.480 e. The maximum absolute atomic E-state index is 14.4. The highest BCUT2D eigenvalue weighted by atomic mass is 35.5. The van der Waals surface area contributed by atoms with Crippen molar-refractivity contribution in [2.45, 2.75) is 116 Å². The van der Waals surface area contributed by atoms with Crippen molar-refractivity contribution in [3.05, 3.63) is 52.6 Å². The number of hydrogen-bond acceptors (Lipinski definition) is 4. The third kappa shape index (κ3) is 7.22. The number of aromatic nitrogens is 2. The Morgan fingerprint density at radius 3 is 2.37 bits per heavy atom. The van der Waals surface area contributed by atoms with Crippen LogP contribution in [0, 0.1) is 17.2 Å². The molecule has 3 aliphatic rings. The molecule has 4 atom stereocenters. The molecule has 1 unspecified atom stereocenters. The van der Waals surface area contributed by atoms with Crippen molar-refractivity contribution < 1.29 is 14.3 Å². The lowest BCUT2D eigenvalue weighted by Gasteiger charge is -2.44. The van der Waals surface area contributed by atoms with E-state index in [0.29, 0.717) is 19.4 Å². The van der Waals surface area contributed by atoms with Crippen molar-refractivity contribution in [1.29, 1.82) is 0 Å². The van der Waals surface area contributed by atoms with Crippen LogP contribution in [0.4, 0.5) is 4.39 Å². The molecule has 2 fully saturated rings. The van der Waals surface area contributed by atoms with Gasteiger partial charge in [0.05, 0.1) is 5.69 Å². The number of likely N-dealkylation sites (tertiary alicyclic amines) is 1. The molecule has 6 nitrogen and oxygen atoms in total. The van der Waals surface area contributed by atoms with Gasteiger partial charge in [0, 0.05) is 30.2 Å². The molecule has 2 aromatic rings. The summed E-state index contributed by atoms with van der Waals surface area (Å²) < 4.78 is 16.7. The summed E-state index contributed by atoms with van der Waals surface area (Å²) in [7, 11) is 0. The van der Waals surface area contributed by atoms with E-state index in [0.717, 1.165) is 50.9 Å². The van der Waals surface area contributed by atoms with Crippen LogP contribution >= 0.6 is 37.2 Å². The van der Waals surface area contributed by atoms with Crippen LogP contribution in [0.25, 0.3) is 0 Å². The van der Waals surface area contributed by atoms with Gasteiger partial charge < -0.3 is 15.3 Å². The fourth-order valence-corrected chi connectivity index (χ4v) is 8.11. The van der Waals surface area contributed by atoms with Crippen molar-refractivity contribution in [1.82, 2.24) is 20.0 Å². The monoisotopic (exact) mass is 660 g/mol. The number of rotatable bonds is 8. The molecule has 244 valence electrons. The van der Waals surface area contributed by atoms with Gasteiger partial charge in [-0.1, -0.05) is 39.8 Å². The Morgan fingerprint density at radius 1 is 1.14 bits per heavy atom. The number of piperidine rings is 1. The Balaban J connectivity index is 0.00000215. The number of carboxylic acids is 1. The van der Waals surface area contributed by atoms with E-state index in [1.807, 2.05) is 6.07 Å². The van der Waals surface area contributed by atoms with Crippen LogP contribution in [0.5, 0.6) is 0 Å². The molecule has 0 bridgehead atoms. The van der Waals surface area contributed by atoms with E-state index in [1.165, 1.54) is 29.4 Å². The number of hydrogen-bond donors (Lipinski definition) is 2. The Kier molecular flexibility index (Phi) is 12.6. The van der Waals surface area contributed by atoms with Crippen LogP contribution in [0.3, 0.4) is 0 Å². The van der Waals surface area contributed by atoms with Crippen LogP contribution in [-0.4, -0.2) is 57.0 Å². The number of fused-ring (bicyclic) bond motifs is 2. The topological polar surface area (TPSA) is 70.4 Å². The molecule has 1 aliphatic heterocycles. The molecule has 2 aliphatic carbocycles. The smallest absolute Gasteiger partial charge is 0.323 e. The minimum Gasteiger partial charge on any atom is -0.480 e. The van der Waals surface area contributed by atoms with E-state index < -0.39 is 11.5 Å². The molecule has 1 saturated carbocycles. The van der Waals surface area contributed by atoms with Crippen LogP contribution in [-0.2, 0) is 29.6 Å². The van der Waals surface area contributed by atoms with E-state index in [1.54, 1.807) is 12.1 Å². The molecule has 0 amide bonds. The van der Waals surface area contributed by atoms with Gasteiger partial charge in [-0.15, -0.1) is 37.2 Å². The average molecular weight is 662 g/mol. The third-order valence-electron chi connectivity index (χ3n) is 10.4. The maximum Gasteiger partial charge on any atom is 0.323 e. The van der Waals surface area contributed by atoms with E-state index in [4.69, 9.17) is 5.10 Å². The molecule has 0 radical (unpaired) electrons. The van der Waals surface area contributed by atoms with Crippen molar-refractivity contribution in [2.75, 3.05) is 19.6 Å². The minimum absolute atomic E-state index is 0. The molecule has 10 heteroatoms. The summed E-state index contributed by atoms with van der Waals surface area (Å²) in [5.41, 5.74) is 4.36. The second-order valence-corrected chi connectivity index (χ2v) is 14.0. The highest BCUT2D eigenvalue weighted by Crippen LogP contribution is 2.51. The molecular formula is C33H52Cl3FN4O2. The van der Waals surface area contributed by atoms with Crippen molar-refractivity contribution in [3.8, 4) is 0 Å². The fourth-order valence-electron chi connectivity index (χ4n) is 8.11. The fraction of sp³-hybridized carbons (Fsp3) is 0.697. The number of aliphatic carboxylic acids is 1. The highest BCUT2D eigenvalue weighted by Gasteiger charge is 2.54. The Hall–Kier alpha value is -1.38. The van der Waals surface area contributed by atoms with Crippen LogP contribution < -0.4 is 5.32 Å². The van der Waals surface area contributed by atoms with Gasteiger partial charge in [0.15, 0.2) is 0 Å². The zero-order valence-electron chi connectivity index (χ0n) is 26.6. The van der Waals surface area contributed by atoms with Gasteiger partial charge in [-0.2, -0.15) is 5.10 Å². The van der Waals surface area contributed by atoms with Gasteiger partial charge in [0.2, 0.25) is 0 Å². The summed E-state index contributed by atoms with van der Waals surface area (Å²) in [6.07, 6.45) is 6.60. The van der Waals surface area contributed by atoms with Gasteiger partial charge >= 0.3 is 5.97 Å².